The van der Waals surface area contributed by atoms with Crippen LogP contribution in [0.1, 0.15) is 6.92 Å². The van der Waals surface area contributed by atoms with Crippen LogP contribution in [0.2, 0.25) is 0 Å². The van der Waals surface area contributed by atoms with Crippen LogP contribution >= 0.6 is 0 Å². The SMILES string of the molecule is CC(=O)OC1CS(=O)(=O)CC1Nc1ccccc1. The van der Waals surface area contributed by atoms with E-state index in [0.717, 1.165) is 5.69 Å². The van der Waals surface area contributed by atoms with Crippen LogP contribution in [0.3, 0.4) is 0 Å². The number of para-hydroxylation sites is 1. The highest BCUT2D eigenvalue weighted by Crippen LogP contribution is 2.20. The van der Waals surface area contributed by atoms with Crippen molar-refractivity contribution in [3.05, 3.63) is 30.3 Å². The molecule has 0 bridgehead atoms. The molecule has 6 heteroatoms. The van der Waals surface area contributed by atoms with Crippen molar-refractivity contribution in [1.29, 1.82) is 0 Å². The Hall–Kier alpha value is -1.56. The van der Waals surface area contributed by atoms with E-state index in [1.807, 2.05) is 30.3 Å². The molecule has 0 aliphatic carbocycles. The van der Waals surface area contributed by atoms with E-state index >= 15 is 0 Å². The lowest BCUT2D eigenvalue weighted by molar-refractivity contribution is -0.145. The summed E-state index contributed by atoms with van der Waals surface area (Å²) in [5.41, 5.74) is 0.816. The molecular weight excluding hydrogens is 254 g/mol. The minimum atomic E-state index is -3.15. The topological polar surface area (TPSA) is 72.5 Å². The first-order valence-electron chi connectivity index (χ1n) is 5.65. The number of benzene rings is 1. The summed E-state index contributed by atoms with van der Waals surface area (Å²) in [5.74, 6) is -0.589. The fourth-order valence-corrected chi connectivity index (χ4v) is 3.81. The Balaban J connectivity index is 2.12. The van der Waals surface area contributed by atoms with Crippen molar-refractivity contribution in [3.63, 3.8) is 0 Å². The van der Waals surface area contributed by atoms with Gasteiger partial charge in [-0.3, -0.25) is 4.79 Å². The molecule has 98 valence electrons. The van der Waals surface area contributed by atoms with Gasteiger partial charge in [0.15, 0.2) is 9.84 Å². The van der Waals surface area contributed by atoms with Gasteiger partial charge in [-0.2, -0.15) is 0 Å². The number of nitrogens with one attached hydrogen (secondary N) is 1. The molecule has 0 radical (unpaired) electrons. The molecule has 0 saturated carbocycles. The molecule has 2 unspecified atom stereocenters. The monoisotopic (exact) mass is 269 g/mol. The third-order valence-electron chi connectivity index (χ3n) is 2.74. The smallest absolute Gasteiger partial charge is 0.303 e. The number of hydrogen-bond donors (Lipinski definition) is 1. The summed E-state index contributed by atoms with van der Waals surface area (Å²) in [6, 6.07) is 8.88. The van der Waals surface area contributed by atoms with E-state index in [0.29, 0.717) is 0 Å². The number of rotatable bonds is 3. The normalized spacial score (nSPS) is 25.6. The molecule has 1 aliphatic rings. The molecule has 2 atom stereocenters. The van der Waals surface area contributed by atoms with Gasteiger partial charge in [0.2, 0.25) is 0 Å². The van der Waals surface area contributed by atoms with E-state index in [-0.39, 0.29) is 17.5 Å². The molecule has 1 fully saturated rings. The summed E-state index contributed by atoms with van der Waals surface area (Å²) in [4.78, 5) is 11.0. The minimum Gasteiger partial charge on any atom is -0.459 e. The first-order chi connectivity index (χ1) is 8.46. The zero-order valence-corrected chi connectivity index (χ0v) is 10.8. The molecule has 18 heavy (non-hydrogen) atoms. The molecule has 0 aromatic heterocycles. The van der Waals surface area contributed by atoms with Gasteiger partial charge in [0.1, 0.15) is 6.10 Å². The predicted octanol–water partition coefficient (Wildman–Crippen LogP) is 0.827. The molecule has 1 aromatic carbocycles. The van der Waals surface area contributed by atoms with Crippen molar-refractivity contribution >= 4 is 21.5 Å². The second-order valence-electron chi connectivity index (χ2n) is 4.34. The van der Waals surface area contributed by atoms with E-state index in [2.05, 4.69) is 5.32 Å². The zero-order chi connectivity index (χ0) is 13.2. The van der Waals surface area contributed by atoms with Gasteiger partial charge in [-0.25, -0.2) is 8.42 Å². The van der Waals surface area contributed by atoms with E-state index in [9.17, 15) is 13.2 Å². The van der Waals surface area contributed by atoms with Crippen LogP contribution in [0, 0.1) is 0 Å². The lowest BCUT2D eigenvalue weighted by Gasteiger charge is -2.20. The number of ether oxygens (including phenoxy) is 1. The summed E-state index contributed by atoms with van der Waals surface area (Å²) < 4.78 is 28.2. The van der Waals surface area contributed by atoms with Crippen molar-refractivity contribution < 1.29 is 17.9 Å². The van der Waals surface area contributed by atoms with Crippen LogP contribution in [0.25, 0.3) is 0 Å². The second-order valence-corrected chi connectivity index (χ2v) is 6.50. The fraction of sp³-hybridized carbons (Fsp3) is 0.417. The Morgan fingerprint density at radius 2 is 1.94 bits per heavy atom. The van der Waals surface area contributed by atoms with Crippen molar-refractivity contribution in [2.75, 3.05) is 16.8 Å². The van der Waals surface area contributed by atoms with Crippen molar-refractivity contribution in [2.45, 2.75) is 19.1 Å². The summed E-state index contributed by atoms with van der Waals surface area (Å²) >= 11 is 0. The quantitative estimate of drug-likeness (QED) is 0.823. The third-order valence-corrected chi connectivity index (χ3v) is 4.45. The molecular formula is C12H15NO4S. The highest BCUT2D eigenvalue weighted by atomic mass is 32.2. The highest BCUT2D eigenvalue weighted by Gasteiger charge is 2.39. The third kappa shape index (κ3) is 3.22. The van der Waals surface area contributed by atoms with E-state index in [1.165, 1.54) is 6.92 Å². The lowest BCUT2D eigenvalue weighted by Crippen LogP contribution is -2.35. The molecule has 0 spiro atoms. The van der Waals surface area contributed by atoms with Crippen molar-refractivity contribution in [2.24, 2.45) is 0 Å². The largest absolute Gasteiger partial charge is 0.459 e. The maximum absolute atomic E-state index is 11.6. The predicted molar refractivity (Wildman–Crippen MR) is 68.1 cm³/mol. The zero-order valence-electron chi connectivity index (χ0n) is 10.00. The molecule has 5 nitrogen and oxygen atoms in total. The molecule has 1 saturated heterocycles. The number of hydrogen-bond acceptors (Lipinski definition) is 5. The number of carbonyl (C=O) groups excluding carboxylic acids is 1. The van der Waals surface area contributed by atoms with Crippen molar-refractivity contribution in [3.8, 4) is 0 Å². The number of carbonyl (C=O) groups is 1. The van der Waals surface area contributed by atoms with Gasteiger partial charge >= 0.3 is 5.97 Å². The van der Waals surface area contributed by atoms with Gasteiger partial charge in [0.25, 0.3) is 0 Å². The lowest BCUT2D eigenvalue weighted by atomic mass is 10.2. The van der Waals surface area contributed by atoms with Gasteiger partial charge in [-0.05, 0) is 12.1 Å². The fourth-order valence-electron chi connectivity index (χ4n) is 2.03. The van der Waals surface area contributed by atoms with Gasteiger partial charge < -0.3 is 10.1 Å². The molecule has 1 N–H and O–H groups in total. The Morgan fingerprint density at radius 1 is 1.28 bits per heavy atom. The standard InChI is InChI=1S/C12H15NO4S/c1-9(14)17-12-8-18(15,16)7-11(12)13-10-5-3-2-4-6-10/h2-6,11-13H,7-8H2,1H3. The number of anilines is 1. The first-order valence-corrected chi connectivity index (χ1v) is 7.48. The van der Waals surface area contributed by atoms with E-state index < -0.39 is 21.9 Å². The van der Waals surface area contributed by atoms with Crippen LogP contribution in [-0.2, 0) is 19.4 Å². The van der Waals surface area contributed by atoms with Gasteiger partial charge in [-0.15, -0.1) is 0 Å². The van der Waals surface area contributed by atoms with Crippen LogP contribution in [-0.4, -0.2) is 38.0 Å². The van der Waals surface area contributed by atoms with Crippen LogP contribution < -0.4 is 5.32 Å². The average molecular weight is 269 g/mol. The first kappa shape index (κ1) is 12.9. The molecule has 2 rings (SSSR count). The van der Waals surface area contributed by atoms with Crippen LogP contribution in [0.5, 0.6) is 0 Å². The Kier molecular flexibility index (Phi) is 3.56. The van der Waals surface area contributed by atoms with E-state index in [4.69, 9.17) is 4.74 Å². The molecule has 0 amide bonds. The van der Waals surface area contributed by atoms with Gasteiger partial charge in [0.05, 0.1) is 17.5 Å². The van der Waals surface area contributed by atoms with Gasteiger partial charge in [-0.1, -0.05) is 18.2 Å². The highest BCUT2D eigenvalue weighted by molar-refractivity contribution is 7.91. The van der Waals surface area contributed by atoms with Crippen LogP contribution in [0.4, 0.5) is 5.69 Å². The molecule has 1 heterocycles. The maximum Gasteiger partial charge on any atom is 0.303 e. The summed E-state index contributed by atoms with van der Waals surface area (Å²) in [6.07, 6.45) is -0.618. The number of esters is 1. The average Bonchev–Trinajstić information content (AvgIpc) is 2.53. The van der Waals surface area contributed by atoms with Crippen molar-refractivity contribution in [1.82, 2.24) is 0 Å². The summed E-state index contributed by atoms with van der Waals surface area (Å²) in [7, 11) is -3.15. The van der Waals surface area contributed by atoms with Crippen LogP contribution in [0.15, 0.2) is 30.3 Å². The number of sulfone groups is 1. The molecule has 1 aliphatic heterocycles. The molecule has 1 aromatic rings. The van der Waals surface area contributed by atoms with E-state index in [1.54, 1.807) is 0 Å². The minimum absolute atomic E-state index is 0.0140. The maximum atomic E-state index is 11.6. The van der Waals surface area contributed by atoms with Gasteiger partial charge in [0, 0.05) is 12.6 Å². The second kappa shape index (κ2) is 4.97. The Morgan fingerprint density at radius 3 is 2.56 bits per heavy atom. The Labute approximate surface area is 106 Å². The summed E-state index contributed by atoms with van der Waals surface area (Å²) in [5, 5.41) is 3.10. The Bertz CT molecular complexity index is 526. The summed E-state index contributed by atoms with van der Waals surface area (Å²) in [6.45, 7) is 1.28.